The molecule has 0 unspecified atom stereocenters. The van der Waals surface area contributed by atoms with Crippen molar-refractivity contribution in [2.75, 3.05) is 59.5 Å². The summed E-state index contributed by atoms with van der Waals surface area (Å²) >= 11 is 0. The molecule has 0 bridgehead atoms. The zero-order valence-electron chi connectivity index (χ0n) is 62.1. The lowest BCUT2D eigenvalue weighted by Gasteiger charge is -2.51. The molecule has 0 spiro atoms. The summed E-state index contributed by atoms with van der Waals surface area (Å²) in [6.07, 6.45) is -83.1. The highest BCUT2D eigenvalue weighted by molar-refractivity contribution is 5.75. The molecule has 5 amide bonds. The van der Waals surface area contributed by atoms with Gasteiger partial charge in [0.25, 0.3) is 0 Å². The van der Waals surface area contributed by atoms with Gasteiger partial charge in [-0.3, -0.25) is 24.0 Å². The number of hydrogen-bond acceptors (Lipinski definition) is 46. The maximum Gasteiger partial charge on any atom is 0.217 e. The van der Waals surface area contributed by atoms with E-state index in [0.717, 1.165) is 34.6 Å². The summed E-state index contributed by atoms with van der Waals surface area (Å²) in [4.78, 5) is 63.7. The Balaban J connectivity index is 1.05. The SMILES string of the molecule is CC(=O)N[C@@H]1[C@@H](O)[C@H](O[C@@H]2O[C@H](CO)[C@@H](O[C@@H]3O[C@H](CO[C@H]4O[C@H](CO)[C@@H](O)[C@H](O)[C@@H]4O[C@@H]4O[C@H](CO)[C@@H](O)[C@H](O)[C@H]4NC(C)=O)[C@@H](O)[C@H](O[C@H]4O[C@H](CO)[C@@H](O)[C@H](O)[C@@H]4O[C@@H]4O[C@H](CO)[C@@H](O[C@@H]5O[C@H](CO)[C@H](O)[C@H](O[C@@H]6O[C@H](CO)[C@H](O)[C@H](O)[C@H]6O)[C@H]5NC(C)=O)[C@H](O)[C@H]4NC(C)=O)[C@@H]3O)[C@H](O)[C@H]2NC(C)=O)[C@@H](CO)O[C@H]1O. The molecule has 9 heterocycles. The average Bonchev–Trinajstić information content (AvgIpc) is 0.936. The highest BCUT2D eigenvalue weighted by atomic mass is 16.8. The van der Waals surface area contributed by atoms with Crippen LogP contribution >= 0.6 is 0 Å². The van der Waals surface area contributed by atoms with Gasteiger partial charge >= 0.3 is 0 Å². The molecule has 9 aliphatic heterocycles. The summed E-state index contributed by atoms with van der Waals surface area (Å²) < 4.78 is 101. The molecule has 45 atom stereocenters. The summed E-state index contributed by atoms with van der Waals surface area (Å²) in [7, 11) is 0. The lowest BCUT2D eigenvalue weighted by Crippen LogP contribution is -2.71. The molecule has 9 saturated heterocycles. The van der Waals surface area contributed by atoms with E-state index in [1.807, 2.05) is 0 Å². The monoisotopic (exact) mass is 1680 g/mol. The van der Waals surface area contributed by atoms with Crippen LogP contribution in [-0.4, -0.2) is 488 Å². The van der Waals surface area contributed by atoms with Gasteiger partial charge in [0, 0.05) is 34.6 Å². The smallest absolute Gasteiger partial charge is 0.217 e. The Labute approximate surface area is 651 Å². The van der Waals surface area contributed by atoms with Crippen LogP contribution in [0.1, 0.15) is 34.6 Å². The molecular formula is C64H107N5O46. The minimum absolute atomic E-state index is 0.787. The number of amides is 5. The van der Waals surface area contributed by atoms with E-state index in [1.165, 1.54) is 0 Å². The number of aliphatic hydroxyl groups excluding tert-OH is 24. The molecule has 9 aliphatic rings. The van der Waals surface area contributed by atoms with Crippen LogP contribution in [0.2, 0.25) is 0 Å². The molecule has 115 heavy (non-hydrogen) atoms. The van der Waals surface area contributed by atoms with E-state index < -0.39 is 365 Å². The van der Waals surface area contributed by atoms with Crippen molar-refractivity contribution in [3.63, 3.8) is 0 Å². The first-order chi connectivity index (χ1) is 54.4. The highest BCUT2D eigenvalue weighted by Gasteiger charge is 2.61. The number of carbonyl (C=O) groups excluding carboxylic acids is 5. The van der Waals surface area contributed by atoms with Crippen LogP contribution in [0.5, 0.6) is 0 Å². The van der Waals surface area contributed by atoms with Gasteiger partial charge < -0.3 is 230 Å². The van der Waals surface area contributed by atoms with Gasteiger partial charge in [-0.15, -0.1) is 0 Å². The minimum atomic E-state index is -2.58. The van der Waals surface area contributed by atoms with E-state index in [-0.39, 0.29) is 0 Å². The largest absolute Gasteiger partial charge is 0.394 e. The summed E-state index contributed by atoms with van der Waals surface area (Å²) in [5.74, 6) is -4.48. The number of rotatable bonds is 30. The van der Waals surface area contributed by atoms with E-state index in [4.69, 9.17) is 80.5 Å². The van der Waals surface area contributed by atoms with Crippen molar-refractivity contribution in [2.45, 2.75) is 311 Å². The van der Waals surface area contributed by atoms with Crippen LogP contribution in [-0.2, 0) is 104 Å². The second kappa shape index (κ2) is 41.5. The highest BCUT2D eigenvalue weighted by Crippen LogP contribution is 2.40. The van der Waals surface area contributed by atoms with Crippen molar-refractivity contribution >= 4 is 29.5 Å². The zero-order valence-corrected chi connectivity index (χ0v) is 62.1. The predicted molar refractivity (Wildman–Crippen MR) is 355 cm³/mol. The number of aliphatic hydroxyl groups is 24. The van der Waals surface area contributed by atoms with E-state index in [1.54, 1.807) is 0 Å². The van der Waals surface area contributed by atoms with Crippen LogP contribution in [0.4, 0.5) is 0 Å². The first kappa shape index (κ1) is 94.6. The molecule has 0 aliphatic carbocycles. The molecule has 0 saturated carbocycles. The Morgan fingerprint density at radius 2 is 0.496 bits per heavy atom. The Morgan fingerprint density at radius 1 is 0.226 bits per heavy atom. The van der Waals surface area contributed by atoms with Gasteiger partial charge in [-0.25, -0.2) is 0 Å². The first-order valence-electron chi connectivity index (χ1n) is 36.6. The van der Waals surface area contributed by atoms with Crippen LogP contribution in [0.25, 0.3) is 0 Å². The van der Waals surface area contributed by atoms with Crippen molar-refractivity contribution in [3.05, 3.63) is 0 Å². The van der Waals surface area contributed by atoms with Gasteiger partial charge in [0.15, 0.2) is 56.6 Å². The molecular weight excluding hydrogens is 1570 g/mol. The molecule has 9 fully saturated rings. The Bertz CT molecular complexity index is 3100. The third-order valence-electron chi connectivity index (χ3n) is 20.8. The molecule has 29 N–H and O–H groups in total. The Hall–Kier alpha value is -4.29. The van der Waals surface area contributed by atoms with E-state index in [0.29, 0.717) is 0 Å². The number of nitrogens with one attached hydrogen (secondary N) is 5. The quantitative estimate of drug-likeness (QED) is 0.0318. The molecule has 664 valence electrons. The van der Waals surface area contributed by atoms with Gasteiger partial charge in [0.2, 0.25) is 29.5 Å². The van der Waals surface area contributed by atoms with Crippen molar-refractivity contribution < 1.29 is 227 Å². The summed E-state index contributed by atoms with van der Waals surface area (Å²) in [5.41, 5.74) is 0. The number of carbonyl (C=O) groups is 5. The van der Waals surface area contributed by atoms with Gasteiger partial charge in [0.05, 0.1) is 59.5 Å². The van der Waals surface area contributed by atoms with Gasteiger partial charge in [-0.1, -0.05) is 0 Å². The lowest BCUT2D eigenvalue weighted by molar-refractivity contribution is -0.398. The van der Waals surface area contributed by atoms with Crippen molar-refractivity contribution in [1.82, 2.24) is 26.6 Å². The molecule has 0 radical (unpaired) electrons. The van der Waals surface area contributed by atoms with E-state index >= 15 is 0 Å². The summed E-state index contributed by atoms with van der Waals surface area (Å²) in [6, 6.07) is -9.18. The molecule has 0 aromatic heterocycles. The van der Waals surface area contributed by atoms with Gasteiger partial charge in [0.1, 0.15) is 219 Å². The third-order valence-corrected chi connectivity index (χ3v) is 20.8. The zero-order chi connectivity index (χ0) is 84.8. The van der Waals surface area contributed by atoms with E-state index in [9.17, 15) is 147 Å². The van der Waals surface area contributed by atoms with Crippen LogP contribution in [0.15, 0.2) is 0 Å². The lowest BCUT2D eigenvalue weighted by atomic mass is 9.93. The first-order valence-corrected chi connectivity index (χ1v) is 36.6. The average molecular weight is 1680 g/mol. The maximum atomic E-state index is 13.2. The van der Waals surface area contributed by atoms with Crippen LogP contribution < -0.4 is 26.6 Å². The summed E-state index contributed by atoms with van der Waals surface area (Å²) in [5, 5.41) is 279. The second-order valence-corrected chi connectivity index (χ2v) is 28.9. The standard InChI is InChI=1S/C64H107N5O46/c1-15(78)65-29-41(90)49(25(11-75)100-56(29)98)109-58-31(67-17(3)80)43(92)51(27(13-77)106-58)111-62-48(97)53(39(88)28(108-62)14-99-63-54(45(94)36(85)22(8-72)104-63)114-57-30(66-16(2)79)40(89)34(83)20(6-70)101-57)113-64-55(46(95)37(86)23(9-73)105-64)115-59-32(68-18(4)81)42(91)50(26(12-76)107-59)110-60-33(69-19(5)82)52(38(87)24(10-74)102-60)112-61-47(96)44(93)35(84)21(7-71)103-61/h20-64,70-77,83-98H,6-14H2,1-5H3,(H,65,78)(H,66,79)(H,67,80)(H,68,81)(H,69,82)/t20-,21-,22-,23-,24-,25-,26-,27-,28-,29-,30-,31-,32-,33-,34-,35+,36-,37-,38+,39-,40-,41-,42-,43-,44+,45+,46+,47-,48+,49-,50-,51-,52-,53+,54+,55+,56-,57+,58+,59+,60+,61+,62+,63+,64-/m1/s1. The topological polar surface area (TPSA) is 788 Å². The normalized spacial score (nSPS) is 47.9. The molecule has 0 aromatic rings. The molecule has 51 heteroatoms. The third kappa shape index (κ3) is 21.3. The van der Waals surface area contributed by atoms with E-state index in [2.05, 4.69) is 26.6 Å². The van der Waals surface area contributed by atoms with Gasteiger partial charge in [-0.05, 0) is 0 Å². The molecule has 51 nitrogen and oxygen atoms in total. The van der Waals surface area contributed by atoms with Crippen molar-refractivity contribution in [1.29, 1.82) is 0 Å². The van der Waals surface area contributed by atoms with Crippen molar-refractivity contribution in [3.8, 4) is 0 Å². The fourth-order valence-corrected chi connectivity index (χ4v) is 14.9. The fourth-order valence-electron chi connectivity index (χ4n) is 14.9. The molecule has 0 aromatic carbocycles. The van der Waals surface area contributed by atoms with Gasteiger partial charge in [-0.2, -0.15) is 0 Å². The Morgan fingerprint density at radius 3 is 0.930 bits per heavy atom. The van der Waals surface area contributed by atoms with Crippen LogP contribution in [0, 0.1) is 0 Å². The van der Waals surface area contributed by atoms with Crippen molar-refractivity contribution in [2.24, 2.45) is 0 Å². The predicted octanol–water partition coefficient (Wildman–Crippen LogP) is -19.9. The molecule has 9 rings (SSSR count). The second-order valence-electron chi connectivity index (χ2n) is 28.9. The number of ether oxygens (including phenoxy) is 17. The van der Waals surface area contributed by atoms with Crippen LogP contribution in [0.3, 0.4) is 0 Å². The Kier molecular flexibility index (Phi) is 34.1. The maximum absolute atomic E-state index is 13.2. The summed E-state index contributed by atoms with van der Waals surface area (Å²) in [6.45, 7) is -5.04. The minimum Gasteiger partial charge on any atom is -0.394 e. The fraction of sp³-hybridized carbons (Fsp3) is 0.922. The number of hydrogen-bond donors (Lipinski definition) is 29.